The minimum absolute atomic E-state index is 0.165. The van der Waals surface area contributed by atoms with Crippen molar-refractivity contribution in [3.8, 4) is 0 Å². The number of carbonyl (C=O) groups excluding carboxylic acids is 1. The van der Waals surface area contributed by atoms with Crippen molar-refractivity contribution in [1.82, 2.24) is 4.90 Å². The van der Waals surface area contributed by atoms with E-state index in [0.29, 0.717) is 17.9 Å². The summed E-state index contributed by atoms with van der Waals surface area (Å²) in [6.45, 7) is 6.54. The lowest BCUT2D eigenvalue weighted by Crippen LogP contribution is -2.43. The maximum absolute atomic E-state index is 12.3. The third kappa shape index (κ3) is 4.30. The standard InChI is InChI=1S/C14H28N2O/c1-10(2)8-11(3)16(4)14(17)12-6-5-7-13(15)9-12/h10-13H,5-9,15H2,1-4H3. The molecule has 0 spiro atoms. The molecule has 1 fully saturated rings. The molecule has 0 aromatic rings. The van der Waals surface area contributed by atoms with E-state index in [1.165, 1.54) is 0 Å². The predicted octanol–water partition coefficient (Wildman–Crippen LogP) is 2.40. The van der Waals surface area contributed by atoms with E-state index in [1.807, 2.05) is 11.9 Å². The monoisotopic (exact) mass is 240 g/mol. The summed E-state index contributed by atoms with van der Waals surface area (Å²) in [5, 5.41) is 0. The van der Waals surface area contributed by atoms with Crippen molar-refractivity contribution in [3.05, 3.63) is 0 Å². The molecule has 0 heterocycles. The van der Waals surface area contributed by atoms with Gasteiger partial charge in [0.2, 0.25) is 5.91 Å². The van der Waals surface area contributed by atoms with Gasteiger partial charge in [-0.2, -0.15) is 0 Å². The van der Waals surface area contributed by atoms with Gasteiger partial charge in [0.15, 0.2) is 0 Å². The van der Waals surface area contributed by atoms with Crippen LogP contribution in [0.25, 0.3) is 0 Å². The Bertz CT molecular complexity index is 253. The van der Waals surface area contributed by atoms with E-state index >= 15 is 0 Å². The highest BCUT2D eigenvalue weighted by Gasteiger charge is 2.29. The number of amides is 1. The number of carbonyl (C=O) groups is 1. The molecule has 0 aliphatic heterocycles. The Balaban J connectivity index is 2.50. The highest BCUT2D eigenvalue weighted by atomic mass is 16.2. The van der Waals surface area contributed by atoms with Gasteiger partial charge in [0.1, 0.15) is 0 Å². The quantitative estimate of drug-likeness (QED) is 0.820. The smallest absolute Gasteiger partial charge is 0.225 e. The van der Waals surface area contributed by atoms with Crippen LogP contribution in [0.2, 0.25) is 0 Å². The Morgan fingerprint density at radius 1 is 1.35 bits per heavy atom. The molecule has 1 rings (SSSR count). The summed E-state index contributed by atoms with van der Waals surface area (Å²) in [5.41, 5.74) is 5.95. The highest BCUT2D eigenvalue weighted by molar-refractivity contribution is 5.79. The van der Waals surface area contributed by atoms with Crippen LogP contribution in [0, 0.1) is 11.8 Å². The van der Waals surface area contributed by atoms with Gasteiger partial charge in [0.25, 0.3) is 0 Å². The number of nitrogens with zero attached hydrogens (tertiary/aromatic N) is 1. The minimum atomic E-state index is 0.165. The van der Waals surface area contributed by atoms with Gasteiger partial charge in [-0.1, -0.05) is 20.3 Å². The Kier molecular flexibility index (Phi) is 5.44. The molecular formula is C14H28N2O. The minimum Gasteiger partial charge on any atom is -0.343 e. The van der Waals surface area contributed by atoms with Crippen molar-refractivity contribution in [3.63, 3.8) is 0 Å². The Labute approximate surface area is 106 Å². The number of nitrogens with two attached hydrogens (primary N) is 1. The molecule has 3 atom stereocenters. The van der Waals surface area contributed by atoms with Gasteiger partial charge in [-0.15, -0.1) is 0 Å². The number of rotatable bonds is 4. The maximum Gasteiger partial charge on any atom is 0.225 e. The first-order valence-corrected chi connectivity index (χ1v) is 6.94. The first-order valence-electron chi connectivity index (χ1n) is 6.94. The van der Waals surface area contributed by atoms with Crippen LogP contribution in [0.4, 0.5) is 0 Å². The van der Waals surface area contributed by atoms with E-state index < -0.39 is 0 Å². The van der Waals surface area contributed by atoms with Crippen molar-refractivity contribution >= 4 is 5.91 Å². The SMILES string of the molecule is CC(C)CC(C)N(C)C(=O)C1CCCC(N)C1. The topological polar surface area (TPSA) is 46.3 Å². The van der Waals surface area contributed by atoms with Crippen LogP contribution in [0.3, 0.4) is 0 Å². The van der Waals surface area contributed by atoms with Crippen LogP contribution in [0.5, 0.6) is 0 Å². The molecule has 3 heteroatoms. The summed E-state index contributed by atoms with van der Waals surface area (Å²) in [7, 11) is 1.94. The van der Waals surface area contributed by atoms with E-state index in [4.69, 9.17) is 5.73 Å². The second kappa shape index (κ2) is 6.39. The van der Waals surface area contributed by atoms with Crippen LogP contribution in [-0.2, 0) is 4.79 Å². The molecule has 0 bridgehead atoms. The first kappa shape index (κ1) is 14.5. The molecule has 3 nitrogen and oxygen atoms in total. The molecule has 0 aromatic carbocycles. The summed E-state index contributed by atoms with van der Waals surface area (Å²) in [6, 6.07) is 0.562. The lowest BCUT2D eigenvalue weighted by molar-refractivity contribution is -0.137. The van der Waals surface area contributed by atoms with Crippen molar-refractivity contribution in [2.75, 3.05) is 7.05 Å². The molecule has 17 heavy (non-hydrogen) atoms. The van der Waals surface area contributed by atoms with E-state index in [-0.39, 0.29) is 12.0 Å². The van der Waals surface area contributed by atoms with Crippen LogP contribution in [0.1, 0.15) is 52.9 Å². The Hall–Kier alpha value is -0.570. The molecule has 100 valence electrons. The lowest BCUT2D eigenvalue weighted by Gasteiger charge is -2.33. The van der Waals surface area contributed by atoms with E-state index in [2.05, 4.69) is 20.8 Å². The normalized spacial score (nSPS) is 26.9. The third-order valence-corrected chi connectivity index (χ3v) is 3.89. The van der Waals surface area contributed by atoms with Crippen LogP contribution >= 0.6 is 0 Å². The molecule has 0 aromatic heterocycles. The van der Waals surface area contributed by atoms with Gasteiger partial charge in [-0.05, 0) is 38.5 Å². The van der Waals surface area contributed by atoms with Crippen molar-refractivity contribution in [2.24, 2.45) is 17.6 Å². The van der Waals surface area contributed by atoms with E-state index in [0.717, 1.165) is 32.1 Å². The van der Waals surface area contributed by atoms with Gasteiger partial charge in [0, 0.05) is 25.0 Å². The second-order valence-electron chi connectivity index (χ2n) is 6.05. The zero-order chi connectivity index (χ0) is 13.0. The predicted molar refractivity (Wildman–Crippen MR) is 71.6 cm³/mol. The van der Waals surface area contributed by atoms with Gasteiger partial charge >= 0.3 is 0 Å². The highest BCUT2D eigenvalue weighted by Crippen LogP contribution is 2.25. The molecule has 0 saturated heterocycles. The fourth-order valence-corrected chi connectivity index (χ4v) is 2.80. The third-order valence-electron chi connectivity index (χ3n) is 3.89. The zero-order valence-corrected chi connectivity index (χ0v) is 11.8. The van der Waals surface area contributed by atoms with E-state index in [1.54, 1.807) is 0 Å². The Morgan fingerprint density at radius 2 is 2.00 bits per heavy atom. The summed E-state index contributed by atoms with van der Waals surface area (Å²) in [5.74, 6) is 1.10. The van der Waals surface area contributed by atoms with Gasteiger partial charge in [-0.3, -0.25) is 4.79 Å². The molecule has 1 saturated carbocycles. The molecule has 0 radical (unpaired) electrons. The molecule has 1 aliphatic carbocycles. The fraction of sp³-hybridized carbons (Fsp3) is 0.929. The van der Waals surface area contributed by atoms with Gasteiger partial charge < -0.3 is 10.6 Å². The summed E-state index contributed by atoms with van der Waals surface area (Å²) < 4.78 is 0. The molecule has 2 N–H and O–H groups in total. The van der Waals surface area contributed by atoms with E-state index in [9.17, 15) is 4.79 Å². The van der Waals surface area contributed by atoms with Crippen molar-refractivity contribution in [2.45, 2.75) is 65.0 Å². The molecule has 3 unspecified atom stereocenters. The van der Waals surface area contributed by atoms with Crippen LogP contribution in [0.15, 0.2) is 0 Å². The fourth-order valence-electron chi connectivity index (χ4n) is 2.80. The maximum atomic E-state index is 12.3. The van der Waals surface area contributed by atoms with Crippen molar-refractivity contribution in [1.29, 1.82) is 0 Å². The molecule has 1 amide bonds. The molecule has 1 aliphatic rings. The second-order valence-corrected chi connectivity index (χ2v) is 6.05. The van der Waals surface area contributed by atoms with Gasteiger partial charge in [-0.25, -0.2) is 0 Å². The average molecular weight is 240 g/mol. The Morgan fingerprint density at radius 3 is 2.53 bits per heavy atom. The first-order chi connectivity index (χ1) is 7.91. The number of hydrogen-bond donors (Lipinski definition) is 1. The molecular weight excluding hydrogens is 212 g/mol. The van der Waals surface area contributed by atoms with Gasteiger partial charge in [0.05, 0.1) is 0 Å². The largest absolute Gasteiger partial charge is 0.343 e. The van der Waals surface area contributed by atoms with Crippen LogP contribution < -0.4 is 5.73 Å². The summed E-state index contributed by atoms with van der Waals surface area (Å²) >= 11 is 0. The van der Waals surface area contributed by atoms with Crippen LogP contribution in [-0.4, -0.2) is 29.9 Å². The number of hydrogen-bond acceptors (Lipinski definition) is 2. The van der Waals surface area contributed by atoms with Crippen molar-refractivity contribution < 1.29 is 4.79 Å². The zero-order valence-electron chi connectivity index (χ0n) is 11.8. The lowest BCUT2D eigenvalue weighted by atomic mass is 9.85. The summed E-state index contributed by atoms with van der Waals surface area (Å²) in [4.78, 5) is 14.3. The summed E-state index contributed by atoms with van der Waals surface area (Å²) in [6.07, 6.45) is 5.14. The average Bonchev–Trinajstić information content (AvgIpc) is 2.26.